The zero-order chi connectivity index (χ0) is 19.2. The largest absolute Gasteiger partial charge is 0.493 e. The molecule has 1 atom stereocenters. The van der Waals surface area contributed by atoms with E-state index >= 15 is 0 Å². The van der Waals surface area contributed by atoms with Crippen molar-refractivity contribution >= 4 is 29.9 Å². The van der Waals surface area contributed by atoms with Crippen molar-refractivity contribution in [2.24, 2.45) is 10.9 Å². The summed E-state index contributed by atoms with van der Waals surface area (Å²) in [6.45, 7) is 9.17. The molecule has 0 bridgehead atoms. The summed E-state index contributed by atoms with van der Waals surface area (Å²) in [5, 5.41) is 15.9. The van der Waals surface area contributed by atoms with Crippen LogP contribution < -0.4 is 20.1 Å². The van der Waals surface area contributed by atoms with Crippen LogP contribution in [0.3, 0.4) is 0 Å². The van der Waals surface area contributed by atoms with Gasteiger partial charge in [0, 0.05) is 19.7 Å². The highest BCUT2D eigenvalue weighted by molar-refractivity contribution is 14.0. The van der Waals surface area contributed by atoms with Crippen molar-refractivity contribution in [1.82, 2.24) is 10.6 Å². The van der Waals surface area contributed by atoms with Gasteiger partial charge in [0.1, 0.15) is 0 Å². The molecule has 0 aliphatic rings. The lowest BCUT2D eigenvalue weighted by molar-refractivity contribution is 0.251. The Morgan fingerprint density at radius 3 is 2.52 bits per heavy atom. The molecule has 156 valence electrons. The molecule has 1 rings (SSSR count). The maximum atomic E-state index is 9.20. The van der Waals surface area contributed by atoms with Crippen LogP contribution in [0.2, 0.25) is 0 Å². The summed E-state index contributed by atoms with van der Waals surface area (Å²) in [6, 6.07) is 5.88. The van der Waals surface area contributed by atoms with Crippen LogP contribution >= 0.6 is 24.0 Å². The number of methoxy groups -OCH3 is 1. The van der Waals surface area contributed by atoms with Gasteiger partial charge in [-0.25, -0.2) is 4.99 Å². The molecule has 0 amide bonds. The van der Waals surface area contributed by atoms with Crippen LogP contribution in [0.4, 0.5) is 0 Å². The molecule has 0 radical (unpaired) electrons. The van der Waals surface area contributed by atoms with E-state index in [-0.39, 0.29) is 30.6 Å². The average Bonchev–Trinajstić information content (AvgIpc) is 2.64. The molecule has 0 aromatic heterocycles. The first-order valence-corrected chi connectivity index (χ1v) is 9.61. The van der Waals surface area contributed by atoms with Gasteiger partial charge in [0.25, 0.3) is 0 Å². The lowest BCUT2D eigenvalue weighted by Crippen LogP contribution is -2.40. The molecule has 0 aliphatic heterocycles. The summed E-state index contributed by atoms with van der Waals surface area (Å²) in [6.07, 6.45) is 3.03. The van der Waals surface area contributed by atoms with Gasteiger partial charge in [0.05, 0.1) is 20.3 Å². The van der Waals surface area contributed by atoms with Crippen LogP contribution in [0.5, 0.6) is 11.5 Å². The monoisotopic (exact) mass is 493 g/mol. The van der Waals surface area contributed by atoms with Crippen molar-refractivity contribution in [3.8, 4) is 11.5 Å². The van der Waals surface area contributed by atoms with Crippen LogP contribution in [0.15, 0.2) is 23.2 Å². The minimum absolute atomic E-state index is 0. The van der Waals surface area contributed by atoms with Crippen molar-refractivity contribution in [2.45, 2.75) is 46.6 Å². The zero-order valence-electron chi connectivity index (χ0n) is 17.1. The van der Waals surface area contributed by atoms with Crippen molar-refractivity contribution in [3.05, 3.63) is 23.8 Å². The number of aliphatic hydroxyl groups excluding tert-OH is 1. The van der Waals surface area contributed by atoms with E-state index < -0.39 is 0 Å². The molecule has 6 nitrogen and oxygen atoms in total. The second-order valence-electron chi connectivity index (χ2n) is 6.16. The molecule has 1 unspecified atom stereocenters. The fraction of sp³-hybridized carbons (Fsp3) is 0.650. The topological polar surface area (TPSA) is 75.1 Å². The molecule has 1 aromatic rings. The van der Waals surface area contributed by atoms with Gasteiger partial charge >= 0.3 is 0 Å². The quantitative estimate of drug-likeness (QED) is 0.236. The van der Waals surface area contributed by atoms with Gasteiger partial charge in [-0.05, 0) is 50.3 Å². The Morgan fingerprint density at radius 2 is 1.93 bits per heavy atom. The second-order valence-corrected chi connectivity index (χ2v) is 6.16. The van der Waals surface area contributed by atoms with Crippen LogP contribution in [-0.4, -0.2) is 44.5 Å². The van der Waals surface area contributed by atoms with E-state index in [1.807, 2.05) is 25.1 Å². The molecule has 0 fully saturated rings. The molecule has 3 N–H and O–H groups in total. The molecular weight excluding hydrogens is 457 g/mol. The number of ether oxygens (including phenoxy) is 2. The Labute approximate surface area is 181 Å². The predicted molar refractivity (Wildman–Crippen MR) is 122 cm³/mol. The van der Waals surface area contributed by atoms with Gasteiger partial charge in [0.2, 0.25) is 0 Å². The van der Waals surface area contributed by atoms with Gasteiger partial charge in [-0.15, -0.1) is 24.0 Å². The van der Waals surface area contributed by atoms with E-state index in [1.165, 1.54) is 0 Å². The Bertz CT molecular complexity index is 535. The standard InChI is InChI=1S/C20H35N3O3.HI/c1-5-8-16(11-12-24)14-22-20(21-6-2)23-15-17-9-10-18(25-4)19(13-17)26-7-3;/h9-10,13,16,24H,5-8,11-12,14-15H2,1-4H3,(H2,21,22,23);1H. The summed E-state index contributed by atoms with van der Waals surface area (Å²) in [4.78, 5) is 4.67. The number of nitrogens with one attached hydrogen (secondary N) is 2. The fourth-order valence-electron chi connectivity index (χ4n) is 2.78. The number of aliphatic imine (C=N–C) groups is 1. The Kier molecular flexibility index (Phi) is 15.1. The van der Waals surface area contributed by atoms with Crippen molar-refractivity contribution in [3.63, 3.8) is 0 Å². The van der Waals surface area contributed by atoms with Crippen molar-refractivity contribution in [2.75, 3.05) is 33.4 Å². The lowest BCUT2D eigenvalue weighted by atomic mass is 10.0. The van der Waals surface area contributed by atoms with E-state index in [0.29, 0.717) is 19.1 Å². The normalized spacial score (nSPS) is 12.1. The maximum absolute atomic E-state index is 9.20. The van der Waals surface area contributed by atoms with Gasteiger partial charge in [-0.1, -0.05) is 19.4 Å². The maximum Gasteiger partial charge on any atom is 0.191 e. The van der Waals surface area contributed by atoms with Gasteiger partial charge in [0.15, 0.2) is 17.5 Å². The third kappa shape index (κ3) is 10.0. The summed E-state index contributed by atoms with van der Waals surface area (Å²) in [5.41, 5.74) is 1.06. The van der Waals surface area contributed by atoms with Gasteiger partial charge in [-0.2, -0.15) is 0 Å². The van der Waals surface area contributed by atoms with Crippen LogP contribution in [0.25, 0.3) is 0 Å². The first-order valence-electron chi connectivity index (χ1n) is 9.61. The van der Waals surface area contributed by atoms with Crippen LogP contribution in [-0.2, 0) is 6.54 Å². The van der Waals surface area contributed by atoms with E-state index in [4.69, 9.17) is 9.47 Å². The highest BCUT2D eigenvalue weighted by Gasteiger charge is 2.09. The number of nitrogens with zero attached hydrogens (tertiary/aromatic N) is 1. The molecule has 1 aromatic carbocycles. The van der Waals surface area contributed by atoms with E-state index in [0.717, 1.165) is 55.4 Å². The first-order chi connectivity index (χ1) is 12.7. The summed E-state index contributed by atoms with van der Waals surface area (Å²) >= 11 is 0. The van der Waals surface area contributed by atoms with E-state index in [2.05, 4.69) is 29.5 Å². The highest BCUT2D eigenvalue weighted by Crippen LogP contribution is 2.28. The van der Waals surface area contributed by atoms with Crippen LogP contribution in [0, 0.1) is 5.92 Å². The third-order valence-corrected chi connectivity index (χ3v) is 4.08. The first kappa shape index (κ1) is 25.8. The van der Waals surface area contributed by atoms with Crippen LogP contribution in [0.1, 0.15) is 45.6 Å². The van der Waals surface area contributed by atoms with Gasteiger partial charge < -0.3 is 25.2 Å². The molecule has 0 spiro atoms. The molecular formula is C20H36IN3O3. The highest BCUT2D eigenvalue weighted by atomic mass is 127. The zero-order valence-corrected chi connectivity index (χ0v) is 19.4. The average molecular weight is 493 g/mol. The number of guanidine groups is 1. The minimum atomic E-state index is 0. The molecule has 0 saturated heterocycles. The lowest BCUT2D eigenvalue weighted by Gasteiger charge is -2.18. The van der Waals surface area contributed by atoms with Gasteiger partial charge in [-0.3, -0.25) is 0 Å². The predicted octanol–water partition coefficient (Wildman–Crippen LogP) is 3.57. The summed E-state index contributed by atoms with van der Waals surface area (Å²) in [7, 11) is 1.64. The fourth-order valence-corrected chi connectivity index (χ4v) is 2.78. The molecule has 0 heterocycles. The SMILES string of the molecule is CCCC(CCO)CNC(=NCc1ccc(OC)c(OCC)c1)NCC.I. The van der Waals surface area contributed by atoms with Crippen molar-refractivity contribution in [1.29, 1.82) is 0 Å². The molecule has 0 saturated carbocycles. The van der Waals surface area contributed by atoms with Crippen molar-refractivity contribution < 1.29 is 14.6 Å². The molecule has 0 aliphatic carbocycles. The Balaban J connectivity index is 0.00000676. The Morgan fingerprint density at radius 1 is 1.15 bits per heavy atom. The Hall–Kier alpha value is -1.22. The summed E-state index contributed by atoms with van der Waals surface area (Å²) in [5.74, 6) is 2.72. The molecule has 27 heavy (non-hydrogen) atoms. The minimum Gasteiger partial charge on any atom is -0.493 e. The number of hydrogen-bond acceptors (Lipinski definition) is 4. The van der Waals surface area contributed by atoms with E-state index in [9.17, 15) is 5.11 Å². The number of benzene rings is 1. The smallest absolute Gasteiger partial charge is 0.191 e. The third-order valence-electron chi connectivity index (χ3n) is 4.08. The number of aliphatic hydroxyl groups is 1. The van der Waals surface area contributed by atoms with E-state index in [1.54, 1.807) is 7.11 Å². The summed E-state index contributed by atoms with van der Waals surface area (Å²) < 4.78 is 10.9. The number of hydrogen-bond donors (Lipinski definition) is 3. The second kappa shape index (κ2) is 15.8. The number of halogens is 1. The number of rotatable bonds is 12. The molecule has 7 heteroatoms.